The van der Waals surface area contributed by atoms with Gasteiger partial charge in [0.05, 0.1) is 12.1 Å². The lowest BCUT2D eigenvalue weighted by molar-refractivity contribution is 0.0520. The number of hydrogen-bond donors (Lipinski definition) is 1. The van der Waals surface area contributed by atoms with Crippen LogP contribution in [0.25, 0.3) is 10.9 Å². The average Bonchev–Trinajstić information content (AvgIpc) is 2.43. The number of halogens is 1. The largest absolute Gasteiger partial charge is 0.506 e. The molecule has 1 aromatic heterocycles. The van der Waals surface area contributed by atoms with Gasteiger partial charge in [0, 0.05) is 16.4 Å². The van der Waals surface area contributed by atoms with Gasteiger partial charge in [0.25, 0.3) is 5.56 Å². The zero-order chi connectivity index (χ0) is 16.4. The number of carbonyl (C=O) groups excluding carboxylic acids is 1. The Hall–Kier alpha value is -1.82. The quantitative estimate of drug-likeness (QED) is 0.841. The monoisotopic (exact) mass is 367 g/mol. The molecule has 5 nitrogen and oxygen atoms in total. The fraction of sp³-hybridized carbons (Fsp3) is 0.375. The second-order valence-corrected chi connectivity index (χ2v) is 6.33. The van der Waals surface area contributed by atoms with Crippen molar-refractivity contribution in [3.8, 4) is 5.75 Å². The minimum absolute atomic E-state index is 0.139. The predicted octanol–water partition coefficient (Wildman–Crippen LogP) is 3.30. The maximum absolute atomic E-state index is 12.7. The van der Waals surface area contributed by atoms with Crippen molar-refractivity contribution in [3.05, 3.63) is 38.6 Å². The number of ether oxygens (including phenoxy) is 1. The zero-order valence-corrected chi connectivity index (χ0v) is 14.3. The summed E-state index contributed by atoms with van der Waals surface area (Å²) >= 11 is 3.37. The van der Waals surface area contributed by atoms with Crippen molar-refractivity contribution in [2.75, 3.05) is 6.61 Å². The van der Waals surface area contributed by atoms with E-state index >= 15 is 0 Å². The van der Waals surface area contributed by atoms with Gasteiger partial charge in [0.15, 0.2) is 5.56 Å². The molecule has 0 fully saturated rings. The molecule has 0 aliphatic heterocycles. The molecule has 1 aromatic carbocycles. The predicted molar refractivity (Wildman–Crippen MR) is 88.4 cm³/mol. The van der Waals surface area contributed by atoms with E-state index in [0.29, 0.717) is 17.4 Å². The van der Waals surface area contributed by atoms with Crippen molar-refractivity contribution < 1.29 is 14.6 Å². The first-order valence-corrected chi connectivity index (χ1v) is 7.88. The smallest absolute Gasteiger partial charge is 0.347 e. The summed E-state index contributed by atoms with van der Waals surface area (Å²) in [5.74, 6) is -0.919. The van der Waals surface area contributed by atoms with Crippen LogP contribution in [-0.4, -0.2) is 22.2 Å². The molecule has 1 N–H and O–H groups in total. The third-order valence-electron chi connectivity index (χ3n) is 3.23. The molecule has 0 spiro atoms. The number of esters is 1. The summed E-state index contributed by atoms with van der Waals surface area (Å²) in [6.07, 6.45) is 0. The molecule has 0 atom stereocenters. The van der Waals surface area contributed by atoms with Crippen LogP contribution in [0, 0.1) is 5.92 Å². The van der Waals surface area contributed by atoms with Crippen LogP contribution in [0.5, 0.6) is 5.75 Å². The summed E-state index contributed by atoms with van der Waals surface area (Å²) < 4.78 is 7.20. The number of nitrogens with zero attached hydrogens (tertiary/aromatic N) is 1. The van der Waals surface area contributed by atoms with Crippen molar-refractivity contribution in [3.63, 3.8) is 0 Å². The second kappa shape index (κ2) is 6.52. The highest BCUT2D eigenvalue weighted by Gasteiger charge is 2.23. The van der Waals surface area contributed by atoms with Crippen LogP contribution in [0.4, 0.5) is 0 Å². The fourth-order valence-corrected chi connectivity index (χ4v) is 2.69. The number of aromatic hydroxyl groups is 1. The van der Waals surface area contributed by atoms with E-state index in [9.17, 15) is 14.7 Å². The van der Waals surface area contributed by atoms with Gasteiger partial charge >= 0.3 is 5.97 Å². The molecule has 0 saturated heterocycles. The summed E-state index contributed by atoms with van der Waals surface area (Å²) in [6, 6.07) is 5.18. The van der Waals surface area contributed by atoms with Crippen molar-refractivity contribution in [1.29, 1.82) is 0 Å². The molecule has 0 amide bonds. The fourth-order valence-electron chi connectivity index (χ4n) is 2.34. The normalized spacial score (nSPS) is 11.1. The topological polar surface area (TPSA) is 68.5 Å². The van der Waals surface area contributed by atoms with Crippen LogP contribution in [0.15, 0.2) is 27.5 Å². The van der Waals surface area contributed by atoms with Crippen molar-refractivity contribution >= 4 is 32.8 Å². The standard InChI is InChI=1S/C16H18BrNO4/c1-4-22-16(21)13-14(19)11-6-5-10(17)7-12(11)18(15(13)20)8-9(2)3/h5-7,9,19H,4,8H2,1-3H3. The molecule has 6 heteroatoms. The maximum Gasteiger partial charge on any atom is 0.347 e. The molecule has 1 heterocycles. The molecule has 2 rings (SSSR count). The Kier molecular flexibility index (Phi) is 4.90. The van der Waals surface area contributed by atoms with Gasteiger partial charge in [-0.15, -0.1) is 0 Å². The second-order valence-electron chi connectivity index (χ2n) is 5.42. The van der Waals surface area contributed by atoms with Gasteiger partial charge in [-0.3, -0.25) is 4.79 Å². The summed E-state index contributed by atoms with van der Waals surface area (Å²) in [5, 5.41) is 10.8. The molecule has 0 bridgehead atoms. The lowest BCUT2D eigenvalue weighted by Gasteiger charge is -2.16. The number of fused-ring (bicyclic) bond motifs is 1. The first-order valence-electron chi connectivity index (χ1n) is 7.09. The van der Waals surface area contributed by atoms with Gasteiger partial charge in [-0.1, -0.05) is 29.8 Å². The van der Waals surface area contributed by atoms with Crippen LogP contribution in [0.3, 0.4) is 0 Å². The van der Waals surface area contributed by atoms with Gasteiger partial charge in [-0.2, -0.15) is 0 Å². The Bertz CT molecular complexity index is 780. The number of aromatic nitrogens is 1. The minimum Gasteiger partial charge on any atom is -0.506 e. The molecular formula is C16H18BrNO4. The van der Waals surface area contributed by atoms with Gasteiger partial charge in [-0.05, 0) is 31.0 Å². The third-order valence-corrected chi connectivity index (χ3v) is 3.72. The van der Waals surface area contributed by atoms with E-state index in [1.165, 1.54) is 4.57 Å². The average molecular weight is 368 g/mol. The number of benzene rings is 1. The maximum atomic E-state index is 12.7. The van der Waals surface area contributed by atoms with Gasteiger partial charge in [0.2, 0.25) is 0 Å². The third kappa shape index (κ3) is 3.02. The van der Waals surface area contributed by atoms with E-state index in [1.54, 1.807) is 25.1 Å². The molecule has 0 radical (unpaired) electrons. The van der Waals surface area contributed by atoms with E-state index in [-0.39, 0.29) is 23.8 Å². The van der Waals surface area contributed by atoms with E-state index in [4.69, 9.17) is 4.74 Å². The van der Waals surface area contributed by atoms with Crippen molar-refractivity contribution in [2.45, 2.75) is 27.3 Å². The van der Waals surface area contributed by atoms with Crippen LogP contribution < -0.4 is 5.56 Å². The summed E-state index contributed by atoms with van der Waals surface area (Å²) in [5.41, 5.74) is -0.258. The van der Waals surface area contributed by atoms with E-state index in [1.807, 2.05) is 13.8 Å². The van der Waals surface area contributed by atoms with Gasteiger partial charge in [0.1, 0.15) is 5.75 Å². The Morgan fingerprint density at radius 1 is 1.41 bits per heavy atom. The van der Waals surface area contributed by atoms with Crippen molar-refractivity contribution in [1.82, 2.24) is 4.57 Å². The summed E-state index contributed by atoms with van der Waals surface area (Å²) in [7, 11) is 0. The molecule has 0 aliphatic rings. The highest BCUT2D eigenvalue weighted by molar-refractivity contribution is 9.10. The molecular weight excluding hydrogens is 350 g/mol. The lowest BCUT2D eigenvalue weighted by atomic mass is 10.1. The van der Waals surface area contributed by atoms with E-state index in [0.717, 1.165) is 4.47 Å². The number of pyridine rings is 1. The minimum atomic E-state index is -0.799. The van der Waals surface area contributed by atoms with Crippen LogP contribution in [0.1, 0.15) is 31.1 Å². The van der Waals surface area contributed by atoms with Crippen LogP contribution in [0.2, 0.25) is 0 Å². The van der Waals surface area contributed by atoms with Crippen molar-refractivity contribution in [2.24, 2.45) is 5.92 Å². The zero-order valence-electron chi connectivity index (χ0n) is 12.7. The first kappa shape index (κ1) is 16.5. The molecule has 22 heavy (non-hydrogen) atoms. The van der Waals surface area contributed by atoms with E-state index in [2.05, 4.69) is 15.9 Å². The van der Waals surface area contributed by atoms with Crippen LogP contribution >= 0.6 is 15.9 Å². The Labute approximate surface area is 136 Å². The highest BCUT2D eigenvalue weighted by atomic mass is 79.9. The Morgan fingerprint density at radius 2 is 2.09 bits per heavy atom. The molecule has 2 aromatic rings. The Morgan fingerprint density at radius 3 is 2.68 bits per heavy atom. The molecule has 118 valence electrons. The van der Waals surface area contributed by atoms with E-state index < -0.39 is 11.5 Å². The molecule has 0 saturated carbocycles. The van der Waals surface area contributed by atoms with Gasteiger partial charge < -0.3 is 14.4 Å². The first-order chi connectivity index (χ1) is 10.4. The SMILES string of the molecule is CCOC(=O)c1c(O)c2ccc(Br)cc2n(CC(C)C)c1=O. The van der Waals surface area contributed by atoms with Crippen LogP contribution in [-0.2, 0) is 11.3 Å². The number of hydrogen-bond acceptors (Lipinski definition) is 4. The highest BCUT2D eigenvalue weighted by Crippen LogP contribution is 2.29. The molecule has 0 aliphatic carbocycles. The lowest BCUT2D eigenvalue weighted by Crippen LogP contribution is -2.29. The number of rotatable bonds is 4. The summed E-state index contributed by atoms with van der Waals surface area (Å²) in [4.78, 5) is 24.7. The summed E-state index contributed by atoms with van der Waals surface area (Å²) in [6.45, 7) is 6.19. The van der Waals surface area contributed by atoms with Gasteiger partial charge in [-0.25, -0.2) is 4.79 Å². The number of carbonyl (C=O) groups is 1. The molecule has 0 unspecified atom stereocenters. The Balaban J connectivity index is 2.85.